The van der Waals surface area contributed by atoms with Crippen molar-refractivity contribution in [2.45, 2.75) is 180 Å². The van der Waals surface area contributed by atoms with E-state index in [1.165, 1.54) is 167 Å². The van der Waals surface area contributed by atoms with Crippen LogP contribution in [0.5, 0.6) is 0 Å². The Morgan fingerprint density at radius 3 is 0.613 bits per heavy atom. The molecule has 0 spiro atoms. The van der Waals surface area contributed by atoms with Crippen LogP contribution in [0.25, 0.3) is 0 Å². The Morgan fingerprint density at radius 1 is 0.290 bits per heavy atom. The third-order valence-corrected chi connectivity index (χ3v) is 6.76. The van der Waals surface area contributed by atoms with E-state index in [0.717, 1.165) is 6.42 Å². The molecular weight excluding hydrogens is 376 g/mol. The van der Waals surface area contributed by atoms with Gasteiger partial charge in [0.2, 0.25) is 0 Å². The van der Waals surface area contributed by atoms with Crippen molar-refractivity contribution in [2.75, 3.05) is 6.61 Å². The molecule has 0 amide bonds. The van der Waals surface area contributed by atoms with Crippen LogP contribution in [0.4, 0.5) is 0 Å². The van der Waals surface area contributed by atoms with Gasteiger partial charge < -0.3 is 5.11 Å². The number of hydrogen-bond donors (Lipinski definition) is 1. The second-order valence-corrected chi connectivity index (χ2v) is 9.92. The van der Waals surface area contributed by atoms with E-state index in [1.807, 2.05) is 0 Å². The summed E-state index contributed by atoms with van der Waals surface area (Å²) in [5.41, 5.74) is 0. The van der Waals surface area contributed by atoms with Gasteiger partial charge in [0.25, 0.3) is 0 Å². The molecule has 0 aliphatic carbocycles. The molecule has 4 radical (unpaired) electrons. The van der Waals surface area contributed by atoms with Gasteiger partial charge in [0, 0.05) is 14.0 Å². The largest absolute Gasteiger partial charge is 0.396 e. The monoisotopic (exact) mass is 436 g/mol. The molecule has 0 fully saturated rings. The lowest BCUT2D eigenvalue weighted by Crippen LogP contribution is -1.85. The average Bonchev–Trinajstić information content (AvgIpc) is 2.76. The second kappa shape index (κ2) is 32.1. The maximum atomic E-state index is 8.75. The lowest BCUT2D eigenvalue weighted by molar-refractivity contribution is 0.282. The zero-order valence-electron chi connectivity index (χ0n) is 21.7. The van der Waals surface area contributed by atoms with Crippen LogP contribution in [0.2, 0.25) is 0 Å². The van der Waals surface area contributed by atoms with E-state index >= 15 is 0 Å². The Bertz CT molecular complexity index is 248. The topological polar surface area (TPSA) is 20.2 Å². The standard InChI is InChI=1S/C29H60O.C/c1-2-3-4-5-6-7-8-9-10-11-12-13-14-15-16-17-18-19-20-21-22-23-24-25-26-27-28-29-30;/h30H,2-29H2,1H3;. The van der Waals surface area contributed by atoms with Crippen molar-refractivity contribution >= 4 is 0 Å². The Morgan fingerprint density at radius 2 is 0.452 bits per heavy atom. The van der Waals surface area contributed by atoms with Crippen molar-refractivity contribution in [3.8, 4) is 0 Å². The fraction of sp³-hybridized carbons (Fsp3) is 0.967. The molecule has 186 valence electrons. The summed E-state index contributed by atoms with van der Waals surface area (Å²) in [6.45, 7) is 2.68. The maximum absolute atomic E-state index is 8.75. The summed E-state index contributed by atoms with van der Waals surface area (Å²) in [7, 11) is 0. The number of aliphatic hydroxyl groups excluding tert-OH is 1. The van der Waals surface area contributed by atoms with Crippen LogP contribution < -0.4 is 0 Å². The van der Waals surface area contributed by atoms with Gasteiger partial charge in [-0.05, 0) is 6.42 Å². The van der Waals surface area contributed by atoms with E-state index in [2.05, 4.69) is 6.92 Å². The lowest BCUT2D eigenvalue weighted by atomic mass is 10.0. The molecule has 0 heterocycles. The van der Waals surface area contributed by atoms with E-state index < -0.39 is 0 Å². The molecule has 0 aromatic rings. The molecule has 1 heteroatoms. The molecule has 31 heavy (non-hydrogen) atoms. The zero-order valence-corrected chi connectivity index (χ0v) is 21.7. The van der Waals surface area contributed by atoms with Gasteiger partial charge in [0.1, 0.15) is 0 Å². The van der Waals surface area contributed by atoms with Gasteiger partial charge in [-0.1, -0.05) is 174 Å². The lowest BCUT2D eigenvalue weighted by Gasteiger charge is -2.04. The summed E-state index contributed by atoms with van der Waals surface area (Å²) >= 11 is 0. The summed E-state index contributed by atoms with van der Waals surface area (Å²) in [6, 6.07) is 0. The number of rotatable bonds is 27. The number of hydrogen-bond acceptors (Lipinski definition) is 1. The molecule has 0 aliphatic heterocycles. The summed E-state index contributed by atoms with van der Waals surface area (Å²) in [5.74, 6) is 0. The molecule has 0 unspecified atom stereocenters. The molecule has 0 aromatic carbocycles. The first-order valence-electron chi connectivity index (χ1n) is 14.5. The number of unbranched alkanes of at least 4 members (excludes halogenated alkanes) is 26. The fourth-order valence-electron chi connectivity index (χ4n) is 4.60. The van der Waals surface area contributed by atoms with E-state index in [0.29, 0.717) is 6.61 Å². The van der Waals surface area contributed by atoms with Crippen LogP contribution in [0, 0.1) is 7.43 Å². The summed E-state index contributed by atoms with van der Waals surface area (Å²) in [6.07, 6.45) is 38.6. The van der Waals surface area contributed by atoms with Gasteiger partial charge >= 0.3 is 0 Å². The Labute approximate surface area is 199 Å². The first kappa shape index (κ1) is 33.1. The van der Waals surface area contributed by atoms with Crippen LogP contribution in [-0.2, 0) is 0 Å². The van der Waals surface area contributed by atoms with Crippen molar-refractivity contribution in [3.63, 3.8) is 0 Å². The average molecular weight is 437 g/mol. The molecule has 0 rings (SSSR count). The van der Waals surface area contributed by atoms with Gasteiger partial charge in [-0.2, -0.15) is 0 Å². The van der Waals surface area contributed by atoms with Crippen LogP contribution in [-0.4, -0.2) is 11.7 Å². The first-order valence-corrected chi connectivity index (χ1v) is 14.5. The molecule has 0 bridgehead atoms. The Balaban J connectivity index is 0. The van der Waals surface area contributed by atoms with Crippen LogP contribution in [0.15, 0.2) is 0 Å². The Kier molecular flexibility index (Phi) is 34.4. The molecule has 0 aliphatic rings. The fourth-order valence-corrected chi connectivity index (χ4v) is 4.60. The van der Waals surface area contributed by atoms with Gasteiger partial charge in [-0.15, -0.1) is 0 Å². The third kappa shape index (κ3) is 32.2. The molecular formula is C30H60O. The molecule has 0 saturated carbocycles. The molecule has 1 N–H and O–H groups in total. The minimum absolute atomic E-state index is 0. The third-order valence-electron chi connectivity index (χ3n) is 6.76. The Hall–Kier alpha value is -0.0400. The predicted octanol–water partition coefficient (Wildman–Crippen LogP) is 10.6. The first-order chi connectivity index (χ1) is 14.9. The van der Waals surface area contributed by atoms with Gasteiger partial charge in [0.15, 0.2) is 0 Å². The normalized spacial score (nSPS) is 11.0. The summed E-state index contributed by atoms with van der Waals surface area (Å²) < 4.78 is 0. The zero-order chi connectivity index (χ0) is 21.8. The van der Waals surface area contributed by atoms with Crippen molar-refractivity contribution < 1.29 is 5.11 Å². The van der Waals surface area contributed by atoms with Crippen LogP contribution in [0.3, 0.4) is 0 Å². The highest BCUT2D eigenvalue weighted by Crippen LogP contribution is 2.16. The smallest absolute Gasteiger partial charge is 0.0431 e. The SMILES string of the molecule is CCCCCCCCCCCCCCCCCCCCCCCCCCCCCO.[C]. The van der Waals surface area contributed by atoms with Crippen LogP contribution in [0.1, 0.15) is 180 Å². The van der Waals surface area contributed by atoms with E-state index in [4.69, 9.17) is 5.11 Å². The van der Waals surface area contributed by atoms with Gasteiger partial charge in [-0.3, -0.25) is 0 Å². The molecule has 1 nitrogen and oxygen atoms in total. The van der Waals surface area contributed by atoms with Crippen molar-refractivity contribution in [3.05, 3.63) is 7.43 Å². The van der Waals surface area contributed by atoms with Crippen molar-refractivity contribution in [2.24, 2.45) is 0 Å². The molecule has 0 saturated heterocycles. The predicted molar refractivity (Wildman–Crippen MR) is 141 cm³/mol. The number of aliphatic hydroxyl groups is 1. The molecule has 0 atom stereocenters. The maximum Gasteiger partial charge on any atom is 0.0431 e. The minimum atomic E-state index is 0. The minimum Gasteiger partial charge on any atom is -0.396 e. The second-order valence-electron chi connectivity index (χ2n) is 9.92. The van der Waals surface area contributed by atoms with E-state index in [9.17, 15) is 0 Å². The van der Waals surface area contributed by atoms with E-state index in [1.54, 1.807) is 0 Å². The summed E-state index contributed by atoms with van der Waals surface area (Å²) in [4.78, 5) is 0. The highest BCUT2D eigenvalue weighted by molar-refractivity contribution is 4.52. The van der Waals surface area contributed by atoms with Crippen LogP contribution >= 0.6 is 0 Å². The highest BCUT2D eigenvalue weighted by atomic mass is 16.2. The quantitative estimate of drug-likeness (QED) is 0.127. The van der Waals surface area contributed by atoms with Crippen molar-refractivity contribution in [1.29, 1.82) is 0 Å². The highest BCUT2D eigenvalue weighted by Gasteiger charge is 1.96. The summed E-state index contributed by atoms with van der Waals surface area (Å²) in [5, 5.41) is 8.75. The van der Waals surface area contributed by atoms with Gasteiger partial charge in [-0.25, -0.2) is 0 Å². The van der Waals surface area contributed by atoms with E-state index in [-0.39, 0.29) is 7.43 Å². The van der Waals surface area contributed by atoms with Gasteiger partial charge in [0.05, 0.1) is 0 Å². The van der Waals surface area contributed by atoms with Crippen molar-refractivity contribution in [1.82, 2.24) is 0 Å². The molecule has 0 aromatic heterocycles.